The molecular formula is C26H20F5N5O2S. The van der Waals surface area contributed by atoms with Crippen LogP contribution in [0.4, 0.5) is 22.0 Å². The molecule has 13 heteroatoms. The molecule has 202 valence electrons. The van der Waals surface area contributed by atoms with Crippen molar-refractivity contribution in [1.82, 2.24) is 19.5 Å². The lowest BCUT2D eigenvalue weighted by molar-refractivity contribution is -0.290. The number of hydrogen-bond donors (Lipinski definition) is 0. The topological polar surface area (TPSA) is 102 Å². The number of fused-ring (bicyclic) bond motifs is 1. The van der Waals surface area contributed by atoms with Gasteiger partial charge in [0.1, 0.15) is 11.4 Å². The maximum Gasteiger partial charge on any atom is 0.459 e. The summed E-state index contributed by atoms with van der Waals surface area (Å²) in [6.45, 7) is 1.45. The van der Waals surface area contributed by atoms with E-state index in [-0.39, 0.29) is 33.2 Å². The van der Waals surface area contributed by atoms with Crippen LogP contribution in [0.25, 0.3) is 33.7 Å². The number of nitrogens with zero attached hydrogens (tertiary/aromatic N) is 5. The lowest BCUT2D eigenvalue weighted by Crippen LogP contribution is -2.34. The minimum Gasteiger partial charge on any atom is -0.324 e. The second kappa shape index (κ2) is 8.81. The van der Waals surface area contributed by atoms with Gasteiger partial charge in [0.25, 0.3) is 0 Å². The van der Waals surface area contributed by atoms with Gasteiger partial charge >= 0.3 is 12.1 Å². The maximum atomic E-state index is 13.9. The number of hydrogen-bond acceptors (Lipinski definition) is 6. The van der Waals surface area contributed by atoms with E-state index in [0.717, 1.165) is 24.6 Å². The van der Waals surface area contributed by atoms with Gasteiger partial charge in [0.2, 0.25) is 0 Å². The van der Waals surface area contributed by atoms with Crippen molar-refractivity contribution < 1.29 is 30.4 Å². The molecule has 4 aromatic rings. The van der Waals surface area contributed by atoms with Crippen molar-refractivity contribution in [3.05, 3.63) is 60.0 Å². The number of benzene rings is 1. The Kier molecular flexibility index (Phi) is 6.02. The van der Waals surface area contributed by atoms with E-state index in [1.165, 1.54) is 30.8 Å². The average molecular weight is 562 g/mol. The molecule has 3 heterocycles. The monoisotopic (exact) mass is 561 g/mol. The second-order valence-corrected chi connectivity index (χ2v) is 11.6. The van der Waals surface area contributed by atoms with Crippen molar-refractivity contribution in [2.24, 2.45) is 7.05 Å². The van der Waals surface area contributed by atoms with Gasteiger partial charge in [-0.05, 0) is 36.1 Å². The second-order valence-electron chi connectivity index (χ2n) is 9.37. The number of alkyl halides is 5. The highest BCUT2D eigenvalue weighted by Gasteiger charge is 2.60. The quantitative estimate of drug-likeness (QED) is 0.280. The summed E-state index contributed by atoms with van der Waals surface area (Å²) in [5.41, 5.74) is -0.182. The number of rotatable bonds is 6. The van der Waals surface area contributed by atoms with Crippen LogP contribution in [-0.2, 0) is 28.2 Å². The Morgan fingerprint density at radius 1 is 1.03 bits per heavy atom. The summed E-state index contributed by atoms with van der Waals surface area (Å²) in [4.78, 5) is 11.6. The molecular weight excluding hydrogens is 541 g/mol. The molecule has 0 saturated heterocycles. The van der Waals surface area contributed by atoms with Gasteiger partial charge in [-0.1, -0.05) is 31.2 Å². The van der Waals surface area contributed by atoms with Crippen molar-refractivity contribution >= 4 is 20.9 Å². The fourth-order valence-electron chi connectivity index (χ4n) is 4.35. The van der Waals surface area contributed by atoms with Crippen molar-refractivity contribution in [3.8, 4) is 28.7 Å². The molecule has 0 radical (unpaired) electrons. The van der Waals surface area contributed by atoms with E-state index in [4.69, 9.17) is 0 Å². The first-order valence-electron chi connectivity index (χ1n) is 11.8. The van der Waals surface area contributed by atoms with Crippen molar-refractivity contribution in [1.29, 1.82) is 5.26 Å². The summed E-state index contributed by atoms with van der Waals surface area (Å²) < 4.78 is 93.8. The highest BCUT2D eigenvalue weighted by Crippen LogP contribution is 2.48. The first kappa shape index (κ1) is 26.7. The zero-order valence-electron chi connectivity index (χ0n) is 20.6. The van der Waals surface area contributed by atoms with Gasteiger partial charge in [-0.3, -0.25) is 9.97 Å². The normalized spacial score (nSPS) is 15.3. The largest absolute Gasteiger partial charge is 0.459 e. The third-order valence-electron chi connectivity index (χ3n) is 6.96. The Morgan fingerprint density at radius 3 is 2.26 bits per heavy atom. The van der Waals surface area contributed by atoms with E-state index in [2.05, 4.69) is 21.0 Å². The molecule has 0 spiro atoms. The molecule has 5 rings (SSSR count). The number of imidazole rings is 1. The number of pyridine rings is 2. The third-order valence-corrected chi connectivity index (χ3v) is 8.70. The Morgan fingerprint density at radius 2 is 1.69 bits per heavy atom. The predicted octanol–water partition coefficient (Wildman–Crippen LogP) is 5.70. The standard InChI is InChI=1S/C26H20F5N5O2S/c1-3-39(37,38)20-10-16(15-4-6-17(7-5-15)24(14-32)8-9-24)12-34-22(20)23-35-18-11-21(25(27,28)26(29,30)31)33-13-19(18)36(23)2/h4-7,10-13H,3,8-9H2,1-2H3. The van der Waals surface area contributed by atoms with E-state index < -0.39 is 33.0 Å². The van der Waals surface area contributed by atoms with Crippen LogP contribution in [0, 0.1) is 11.3 Å². The Bertz CT molecular complexity index is 1750. The molecule has 0 atom stereocenters. The molecule has 1 fully saturated rings. The minimum absolute atomic E-state index is 0.0436. The van der Waals surface area contributed by atoms with E-state index in [1.54, 1.807) is 12.1 Å². The number of aryl methyl sites for hydroxylation is 1. The Labute approximate surface area is 219 Å². The smallest absolute Gasteiger partial charge is 0.324 e. The molecule has 3 aromatic heterocycles. The summed E-state index contributed by atoms with van der Waals surface area (Å²) in [6, 6.07) is 11.5. The summed E-state index contributed by atoms with van der Waals surface area (Å²) in [5.74, 6) is -5.52. The van der Waals surface area contributed by atoms with Crippen molar-refractivity contribution in [2.75, 3.05) is 5.75 Å². The summed E-state index contributed by atoms with van der Waals surface area (Å²) in [6.07, 6.45) is -2.03. The Balaban J connectivity index is 1.62. The zero-order chi connectivity index (χ0) is 28.4. The van der Waals surface area contributed by atoms with E-state index in [0.29, 0.717) is 17.2 Å². The number of halogens is 5. The summed E-state index contributed by atoms with van der Waals surface area (Å²) in [5, 5.41) is 9.43. The Hall–Kier alpha value is -3.92. The third kappa shape index (κ3) is 4.32. The van der Waals surface area contributed by atoms with Crippen molar-refractivity contribution in [3.63, 3.8) is 0 Å². The van der Waals surface area contributed by atoms with Gasteiger partial charge in [0.05, 0.1) is 39.4 Å². The first-order chi connectivity index (χ1) is 18.2. The summed E-state index contributed by atoms with van der Waals surface area (Å²) >= 11 is 0. The number of sulfone groups is 1. The van der Waals surface area contributed by atoms with Crippen LogP contribution in [0.5, 0.6) is 0 Å². The highest BCUT2D eigenvalue weighted by atomic mass is 32.2. The SMILES string of the molecule is CCS(=O)(=O)c1cc(-c2ccc(C3(C#N)CC3)cc2)cnc1-c1nc2cc(C(F)(F)C(F)(F)F)ncc2n1C. The van der Waals surface area contributed by atoms with Crippen LogP contribution in [0.15, 0.2) is 53.7 Å². The van der Waals surface area contributed by atoms with Gasteiger partial charge < -0.3 is 4.57 Å². The first-order valence-corrected chi connectivity index (χ1v) is 13.4. The molecule has 0 amide bonds. The van der Waals surface area contributed by atoms with Crippen LogP contribution >= 0.6 is 0 Å². The summed E-state index contributed by atoms with van der Waals surface area (Å²) in [7, 11) is -2.43. The lowest BCUT2D eigenvalue weighted by Gasteiger charge is -2.18. The van der Waals surface area contributed by atoms with Gasteiger partial charge in [-0.15, -0.1) is 0 Å². The zero-order valence-corrected chi connectivity index (χ0v) is 21.4. The van der Waals surface area contributed by atoms with Crippen LogP contribution in [-0.4, -0.2) is 39.9 Å². The fourth-order valence-corrected chi connectivity index (χ4v) is 5.41. The molecule has 0 unspecified atom stereocenters. The van der Waals surface area contributed by atoms with Crippen LogP contribution in [0.3, 0.4) is 0 Å². The van der Waals surface area contributed by atoms with Gasteiger partial charge in [-0.25, -0.2) is 13.4 Å². The number of nitriles is 1. The van der Waals surface area contributed by atoms with E-state index >= 15 is 0 Å². The maximum absolute atomic E-state index is 13.9. The fraction of sp³-hybridized carbons (Fsp3) is 0.308. The molecule has 39 heavy (non-hydrogen) atoms. The predicted molar refractivity (Wildman–Crippen MR) is 131 cm³/mol. The van der Waals surface area contributed by atoms with Gasteiger partial charge in [-0.2, -0.15) is 27.2 Å². The lowest BCUT2D eigenvalue weighted by atomic mass is 9.95. The molecule has 7 nitrogen and oxygen atoms in total. The van der Waals surface area contributed by atoms with Crippen molar-refractivity contribution in [2.45, 2.75) is 42.2 Å². The van der Waals surface area contributed by atoms with Gasteiger partial charge in [0.15, 0.2) is 15.7 Å². The molecule has 0 aliphatic heterocycles. The molecule has 1 aromatic carbocycles. The molecule has 1 aliphatic carbocycles. The molecule has 0 N–H and O–H groups in total. The molecule has 0 bridgehead atoms. The number of aromatic nitrogens is 4. The molecule has 1 saturated carbocycles. The average Bonchev–Trinajstić information content (AvgIpc) is 3.65. The molecule has 1 aliphatic rings. The van der Waals surface area contributed by atoms with Crippen LogP contribution < -0.4 is 0 Å². The van der Waals surface area contributed by atoms with E-state index in [1.807, 2.05) is 12.1 Å². The minimum atomic E-state index is -5.85. The van der Waals surface area contributed by atoms with Crippen LogP contribution in [0.2, 0.25) is 0 Å². The van der Waals surface area contributed by atoms with Crippen LogP contribution in [0.1, 0.15) is 31.0 Å². The van der Waals surface area contributed by atoms with E-state index in [9.17, 15) is 35.6 Å². The highest BCUT2D eigenvalue weighted by molar-refractivity contribution is 7.91. The van der Waals surface area contributed by atoms with Gasteiger partial charge in [0, 0.05) is 18.8 Å².